The van der Waals surface area contributed by atoms with E-state index in [2.05, 4.69) is 33.4 Å². The lowest BCUT2D eigenvalue weighted by atomic mass is 10.4. The van der Waals surface area contributed by atoms with Crippen molar-refractivity contribution in [1.82, 2.24) is 0 Å². The summed E-state index contributed by atoms with van der Waals surface area (Å²) >= 11 is 0. The third-order valence-electron chi connectivity index (χ3n) is 1.19. The van der Waals surface area contributed by atoms with Gasteiger partial charge in [-0.1, -0.05) is 6.92 Å². The van der Waals surface area contributed by atoms with Crippen molar-refractivity contribution in [3.63, 3.8) is 0 Å². The zero-order valence-electron chi connectivity index (χ0n) is 9.46. The van der Waals surface area contributed by atoms with E-state index in [1.54, 1.807) is 13.2 Å². The van der Waals surface area contributed by atoms with Crippen LogP contribution >= 0.6 is 0 Å². The first-order valence-electron chi connectivity index (χ1n) is 4.48. The molecule has 12 heavy (non-hydrogen) atoms. The fourth-order valence-electron chi connectivity index (χ4n) is 0.820. The van der Waals surface area contributed by atoms with Crippen LogP contribution in [0.25, 0.3) is 5.32 Å². The van der Waals surface area contributed by atoms with Gasteiger partial charge in [-0.2, -0.15) is 6.20 Å². The summed E-state index contributed by atoms with van der Waals surface area (Å²) in [5, 5.41) is 3.67. The van der Waals surface area contributed by atoms with Crippen LogP contribution in [0.5, 0.6) is 0 Å². The highest BCUT2D eigenvalue weighted by atomic mass is 15.3. The largest absolute Gasteiger partial charge is 0.693 e. The van der Waals surface area contributed by atoms with Crippen LogP contribution in [-0.4, -0.2) is 39.2 Å². The summed E-state index contributed by atoms with van der Waals surface area (Å²) in [6, 6.07) is 0. The molecule has 0 aliphatic heterocycles. The molecule has 0 unspecified atom stereocenters. The average Bonchev–Trinajstić information content (AvgIpc) is 1.87. The van der Waals surface area contributed by atoms with Gasteiger partial charge in [0.15, 0.2) is 0 Å². The lowest BCUT2D eigenvalue weighted by Crippen LogP contribution is -2.34. The molecule has 0 N–H and O–H groups in total. The Morgan fingerprint density at radius 3 is 1.75 bits per heavy atom. The summed E-state index contributed by atoms with van der Waals surface area (Å²) < 4.78 is 1.09. The van der Waals surface area contributed by atoms with Crippen LogP contribution in [-0.2, 0) is 0 Å². The van der Waals surface area contributed by atoms with Crippen molar-refractivity contribution in [3.8, 4) is 0 Å². The van der Waals surface area contributed by atoms with Gasteiger partial charge in [-0.15, -0.1) is 13.1 Å². The van der Waals surface area contributed by atoms with Gasteiger partial charge < -0.3 is 9.80 Å². The molecule has 0 atom stereocenters. The van der Waals surface area contributed by atoms with Crippen LogP contribution < -0.4 is 0 Å². The number of allylic oxidation sites excluding steroid dienone is 1. The lowest BCUT2D eigenvalue weighted by Gasteiger charge is -2.22. The molecule has 0 bridgehead atoms. The Bertz CT molecular complexity index is 101. The van der Waals surface area contributed by atoms with Gasteiger partial charge in [-0.3, -0.25) is 0 Å². The minimum absolute atomic E-state index is 1.09. The monoisotopic (exact) mass is 172 g/mol. The van der Waals surface area contributed by atoms with Crippen molar-refractivity contribution in [1.29, 1.82) is 0 Å². The van der Waals surface area contributed by atoms with Gasteiger partial charge >= 0.3 is 0 Å². The van der Waals surface area contributed by atoms with Gasteiger partial charge in [0.2, 0.25) is 0 Å². The first-order valence-corrected chi connectivity index (χ1v) is 4.48. The Kier molecular flexibility index (Phi) is 10.1. The summed E-state index contributed by atoms with van der Waals surface area (Å²) in [6.45, 7) is 5.43. The summed E-state index contributed by atoms with van der Waals surface area (Å²) in [5.74, 6) is 0. The summed E-state index contributed by atoms with van der Waals surface area (Å²) in [4.78, 5) is 0. The molecule has 0 aromatic heterocycles. The van der Waals surface area contributed by atoms with E-state index in [9.17, 15) is 0 Å². The molecule has 0 aromatic rings. The minimum atomic E-state index is 1.09. The second kappa shape index (κ2) is 8.60. The topological polar surface area (TPSA) is 14.1 Å². The fraction of sp³-hybridized carbons (Fsp3) is 0.800. The Morgan fingerprint density at radius 1 is 1.25 bits per heavy atom. The van der Waals surface area contributed by atoms with Gasteiger partial charge in [-0.05, 0) is 13.3 Å². The number of hydrogen-bond donors (Lipinski definition) is 0. The molecule has 2 heteroatoms. The molecule has 2 nitrogen and oxygen atoms in total. The van der Waals surface area contributed by atoms with E-state index in [0.717, 1.165) is 4.48 Å². The lowest BCUT2D eigenvalue weighted by molar-refractivity contribution is -0.870. The number of quaternary nitrogens is 1. The Morgan fingerprint density at radius 2 is 1.75 bits per heavy atom. The molecule has 0 aliphatic carbocycles. The molecule has 0 rings (SSSR count). The highest BCUT2D eigenvalue weighted by Gasteiger charge is 2.01. The average molecular weight is 172 g/mol. The van der Waals surface area contributed by atoms with Gasteiger partial charge in [0.25, 0.3) is 0 Å². The van der Waals surface area contributed by atoms with Crippen LogP contribution in [0.2, 0.25) is 0 Å². The SMILES string of the molecule is CC=C[N-]C.CCC[N+](C)(C)C. The third kappa shape index (κ3) is 22.7. The molecule has 0 aromatic carbocycles. The van der Waals surface area contributed by atoms with E-state index >= 15 is 0 Å². The van der Waals surface area contributed by atoms with Crippen molar-refractivity contribution in [2.24, 2.45) is 0 Å². The number of rotatable bonds is 3. The molecule has 0 aliphatic rings. The maximum Gasteiger partial charge on any atom is 0.0777 e. The first kappa shape index (κ1) is 14.0. The molecule has 0 fully saturated rings. The van der Waals surface area contributed by atoms with Crippen molar-refractivity contribution in [2.75, 3.05) is 34.7 Å². The summed E-state index contributed by atoms with van der Waals surface area (Å²) in [7, 11) is 8.39. The molecular formula is C10H24N2. The van der Waals surface area contributed by atoms with Crippen molar-refractivity contribution in [3.05, 3.63) is 17.6 Å². The Hall–Kier alpha value is -0.500. The van der Waals surface area contributed by atoms with Crippen LogP contribution in [0.4, 0.5) is 0 Å². The first-order chi connectivity index (χ1) is 5.47. The molecule has 74 valence electrons. The van der Waals surface area contributed by atoms with Crippen molar-refractivity contribution in [2.45, 2.75) is 20.3 Å². The summed E-state index contributed by atoms with van der Waals surface area (Å²) in [5.41, 5.74) is 0. The zero-order chi connectivity index (χ0) is 10.0. The predicted molar refractivity (Wildman–Crippen MR) is 57.3 cm³/mol. The normalized spacial score (nSPS) is 10.8. The highest BCUT2D eigenvalue weighted by Crippen LogP contribution is 1.90. The summed E-state index contributed by atoms with van der Waals surface area (Å²) in [6.07, 6.45) is 4.92. The zero-order valence-corrected chi connectivity index (χ0v) is 9.46. The Balaban J connectivity index is 0. The second-order valence-electron chi connectivity index (χ2n) is 3.75. The van der Waals surface area contributed by atoms with Crippen LogP contribution in [0.15, 0.2) is 12.3 Å². The molecular weight excluding hydrogens is 148 g/mol. The molecule has 0 amide bonds. The smallest absolute Gasteiger partial charge is 0.0777 e. The van der Waals surface area contributed by atoms with Gasteiger partial charge in [0.1, 0.15) is 0 Å². The van der Waals surface area contributed by atoms with Crippen LogP contribution in [0.1, 0.15) is 20.3 Å². The molecule has 0 radical (unpaired) electrons. The highest BCUT2D eigenvalue weighted by molar-refractivity contribution is 4.92. The van der Waals surface area contributed by atoms with Gasteiger partial charge in [0, 0.05) is 0 Å². The van der Waals surface area contributed by atoms with Crippen LogP contribution in [0, 0.1) is 0 Å². The molecule has 0 spiro atoms. The third-order valence-corrected chi connectivity index (χ3v) is 1.19. The maximum atomic E-state index is 3.67. The number of hydrogen-bond acceptors (Lipinski definition) is 0. The van der Waals surface area contributed by atoms with Gasteiger partial charge in [0.05, 0.1) is 27.7 Å². The van der Waals surface area contributed by atoms with Crippen molar-refractivity contribution < 1.29 is 4.48 Å². The Labute approximate surface area is 77.9 Å². The van der Waals surface area contributed by atoms with E-state index in [0.29, 0.717) is 0 Å². The molecule has 0 saturated heterocycles. The standard InChI is InChI=1S/C6H16N.C4H8N/c1-5-6-7(2,3)4;1-3-4-5-2/h5-6H2,1-4H3;3-4H,1-2H3/q+1;-1. The van der Waals surface area contributed by atoms with E-state index in [4.69, 9.17) is 0 Å². The maximum absolute atomic E-state index is 3.67. The van der Waals surface area contributed by atoms with E-state index in [1.807, 2.05) is 13.0 Å². The van der Waals surface area contributed by atoms with Gasteiger partial charge in [-0.25, -0.2) is 0 Å². The van der Waals surface area contributed by atoms with E-state index in [-0.39, 0.29) is 0 Å². The van der Waals surface area contributed by atoms with Crippen LogP contribution in [0.3, 0.4) is 0 Å². The predicted octanol–water partition coefficient (Wildman–Crippen LogP) is 2.63. The quantitative estimate of drug-likeness (QED) is 0.581. The van der Waals surface area contributed by atoms with Crippen molar-refractivity contribution >= 4 is 0 Å². The fourth-order valence-corrected chi connectivity index (χ4v) is 0.820. The number of nitrogens with zero attached hydrogens (tertiary/aromatic N) is 2. The molecule has 0 saturated carbocycles. The van der Waals surface area contributed by atoms with E-state index < -0.39 is 0 Å². The minimum Gasteiger partial charge on any atom is -0.693 e. The van der Waals surface area contributed by atoms with E-state index in [1.165, 1.54) is 13.0 Å². The second-order valence-corrected chi connectivity index (χ2v) is 3.75. The molecule has 0 heterocycles.